The Labute approximate surface area is 160 Å². The van der Waals surface area contributed by atoms with Gasteiger partial charge in [-0.1, -0.05) is 6.07 Å². The van der Waals surface area contributed by atoms with Gasteiger partial charge in [0.1, 0.15) is 5.75 Å². The van der Waals surface area contributed by atoms with Gasteiger partial charge in [-0.05, 0) is 67.8 Å². The fraction of sp³-hybridized carbons (Fsp3) is 0.350. The monoisotopic (exact) mass is 388 g/mol. The van der Waals surface area contributed by atoms with Gasteiger partial charge in [-0.3, -0.25) is 4.79 Å². The van der Waals surface area contributed by atoms with Gasteiger partial charge in [0.25, 0.3) is 0 Å². The number of amides is 1. The summed E-state index contributed by atoms with van der Waals surface area (Å²) < 4.78 is 33.2. The second kappa shape index (κ2) is 7.32. The van der Waals surface area contributed by atoms with Crippen LogP contribution in [0.4, 0.5) is 5.69 Å². The molecule has 1 aliphatic heterocycles. The van der Waals surface area contributed by atoms with Crippen LogP contribution >= 0.6 is 0 Å². The van der Waals surface area contributed by atoms with Crippen LogP contribution in [-0.4, -0.2) is 34.0 Å². The summed E-state index contributed by atoms with van der Waals surface area (Å²) in [5, 5.41) is 0. The molecule has 1 fully saturated rings. The number of carbonyl (C=O) groups excluding carboxylic acids is 1. The van der Waals surface area contributed by atoms with Gasteiger partial charge in [-0.15, -0.1) is 0 Å². The number of hydrogen-bond donors (Lipinski definition) is 1. The number of nitrogens with zero attached hydrogens (tertiary/aromatic N) is 1. The van der Waals surface area contributed by atoms with Gasteiger partial charge in [-0.25, -0.2) is 13.1 Å². The van der Waals surface area contributed by atoms with Crippen molar-refractivity contribution in [1.82, 2.24) is 4.72 Å². The Morgan fingerprint density at radius 2 is 1.78 bits per heavy atom. The number of anilines is 1. The Morgan fingerprint density at radius 1 is 1.04 bits per heavy atom. The van der Waals surface area contributed by atoms with E-state index < -0.39 is 16.1 Å². The average molecular weight is 388 g/mol. The molecule has 27 heavy (non-hydrogen) atoms. The van der Waals surface area contributed by atoms with Crippen LogP contribution in [0, 0.1) is 20.8 Å². The first-order valence-corrected chi connectivity index (χ1v) is 10.2. The standard InChI is InChI=1S/C20H24N2O4S/c1-13-5-6-17(9-14(13)2)22-12-16(11-20(22)23)21-27(24,25)18-7-8-19(26-4)15(3)10-18/h5-10,16,21H,11-12H2,1-4H3/t16-/m1/s1. The molecule has 0 aliphatic carbocycles. The number of benzene rings is 2. The summed E-state index contributed by atoms with van der Waals surface area (Å²) in [5.41, 5.74) is 3.78. The first-order valence-electron chi connectivity index (χ1n) is 8.76. The minimum atomic E-state index is -3.72. The van der Waals surface area contributed by atoms with Crippen molar-refractivity contribution in [2.24, 2.45) is 0 Å². The molecule has 6 nitrogen and oxygen atoms in total. The van der Waals surface area contributed by atoms with Crippen molar-refractivity contribution >= 4 is 21.6 Å². The van der Waals surface area contributed by atoms with Crippen molar-refractivity contribution in [1.29, 1.82) is 0 Å². The molecule has 2 aromatic rings. The van der Waals surface area contributed by atoms with E-state index in [9.17, 15) is 13.2 Å². The van der Waals surface area contributed by atoms with Crippen LogP contribution in [0.25, 0.3) is 0 Å². The number of carbonyl (C=O) groups is 1. The summed E-state index contributed by atoms with van der Waals surface area (Å²) in [4.78, 5) is 14.2. The van der Waals surface area contributed by atoms with Crippen molar-refractivity contribution in [2.75, 3.05) is 18.6 Å². The summed E-state index contributed by atoms with van der Waals surface area (Å²) in [5.74, 6) is 0.544. The van der Waals surface area contributed by atoms with Gasteiger partial charge in [0.2, 0.25) is 15.9 Å². The van der Waals surface area contributed by atoms with Crippen LogP contribution in [0.2, 0.25) is 0 Å². The molecule has 0 spiro atoms. The zero-order valence-corrected chi connectivity index (χ0v) is 16.8. The van der Waals surface area contributed by atoms with E-state index in [0.29, 0.717) is 12.3 Å². The lowest BCUT2D eigenvalue weighted by Crippen LogP contribution is -2.37. The largest absolute Gasteiger partial charge is 0.496 e. The Morgan fingerprint density at radius 3 is 2.41 bits per heavy atom. The van der Waals surface area contributed by atoms with Gasteiger partial charge in [0, 0.05) is 24.7 Å². The van der Waals surface area contributed by atoms with Gasteiger partial charge >= 0.3 is 0 Å². The molecule has 7 heteroatoms. The number of sulfonamides is 1. The van der Waals surface area contributed by atoms with E-state index in [1.807, 2.05) is 32.0 Å². The topological polar surface area (TPSA) is 75.7 Å². The van der Waals surface area contributed by atoms with Crippen LogP contribution in [0.1, 0.15) is 23.1 Å². The van der Waals surface area contributed by atoms with Crippen LogP contribution in [0.3, 0.4) is 0 Å². The minimum Gasteiger partial charge on any atom is -0.496 e. The van der Waals surface area contributed by atoms with Gasteiger partial charge in [0.05, 0.1) is 12.0 Å². The highest BCUT2D eigenvalue weighted by atomic mass is 32.2. The second-order valence-corrected chi connectivity index (χ2v) is 8.64. The SMILES string of the molecule is COc1ccc(S(=O)(=O)N[C@@H]2CC(=O)N(c3ccc(C)c(C)c3)C2)cc1C. The third-order valence-corrected chi connectivity index (χ3v) is 6.44. The van der Waals surface area contributed by atoms with E-state index in [4.69, 9.17) is 4.74 Å². The molecule has 0 bridgehead atoms. The van der Waals surface area contributed by atoms with Crippen LogP contribution in [0.5, 0.6) is 5.75 Å². The highest BCUT2D eigenvalue weighted by Gasteiger charge is 2.33. The van der Waals surface area contributed by atoms with Crippen molar-refractivity contribution in [2.45, 2.75) is 38.1 Å². The average Bonchev–Trinajstić information content (AvgIpc) is 2.96. The van der Waals surface area contributed by atoms with Crippen molar-refractivity contribution in [3.05, 3.63) is 53.1 Å². The van der Waals surface area contributed by atoms with Gasteiger partial charge in [0.15, 0.2) is 0 Å². The van der Waals surface area contributed by atoms with Gasteiger partial charge < -0.3 is 9.64 Å². The van der Waals surface area contributed by atoms with E-state index in [0.717, 1.165) is 22.4 Å². The normalized spacial score (nSPS) is 17.4. The zero-order chi connectivity index (χ0) is 19.8. The predicted octanol–water partition coefficient (Wildman–Crippen LogP) is 2.70. The number of rotatable bonds is 5. The molecule has 1 amide bonds. The fourth-order valence-corrected chi connectivity index (χ4v) is 4.55. The molecule has 2 aromatic carbocycles. The summed E-state index contributed by atoms with van der Waals surface area (Å²) >= 11 is 0. The molecule has 0 radical (unpaired) electrons. The van der Waals surface area contributed by atoms with E-state index >= 15 is 0 Å². The summed E-state index contributed by atoms with van der Waals surface area (Å²) in [7, 11) is -2.18. The summed E-state index contributed by atoms with van der Waals surface area (Å²) in [6.45, 7) is 6.11. The molecule has 0 aromatic heterocycles. The number of hydrogen-bond acceptors (Lipinski definition) is 4. The number of aryl methyl sites for hydroxylation is 3. The summed E-state index contributed by atoms with van der Waals surface area (Å²) in [6, 6.07) is 10.1. The maximum Gasteiger partial charge on any atom is 0.240 e. The molecule has 1 saturated heterocycles. The van der Waals surface area contributed by atoms with E-state index in [1.165, 1.54) is 6.07 Å². The van der Waals surface area contributed by atoms with Crippen LogP contribution in [-0.2, 0) is 14.8 Å². The maximum atomic E-state index is 12.7. The molecule has 1 heterocycles. The molecule has 1 atom stereocenters. The number of nitrogens with one attached hydrogen (secondary N) is 1. The maximum absolute atomic E-state index is 12.7. The highest BCUT2D eigenvalue weighted by molar-refractivity contribution is 7.89. The summed E-state index contributed by atoms with van der Waals surface area (Å²) in [6.07, 6.45) is 0.140. The molecule has 1 aliphatic rings. The Bertz CT molecular complexity index is 985. The third-order valence-electron chi connectivity index (χ3n) is 4.93. The smallest absolute Gasteiger partial charge is 0.240 e. The lowest BCUT2D eigenvalue weighted by molar-refractivity contribution is -0.117. The fourth-order valence-electron chi connectivity index (χ4n) is 3.24. The lowest BCUT2D eigenvalue weighted by atomic mass is 10.1. The first kappa shape index (κ1) is 19.4. The lowest BCUT2D eigenvalue weighted by Gasteiger charge is -2.18. The van der Waals surface area contributed by atoms with Crippen LogP contribution in [0.15, 0.2) is 41.3 Å². The predicted molar refractivity (Wildman–Crippen MR) is 105 cm³/mol. The quantitative estimate of drug-likeness (QED) is 0.855. The zero-order valence-electron chi connectivity index (χ0n) is 15.9. The van der Waals surface area contributed by atoms with E-state index in [2.05, 4.69) is 4.72 Å². The van der Waals surface area contributed by atoms with E-state index in [1.54, 1.807) is 31.1 Å². The molecule has 0 saturated carbocycles. The number of ether oxygens (including phenoxy) is 1. The minimum absolute atomic E-state index is 0.0862. The first-order chi connectivity index (χ1) is 12.7. The van der Waals surface area contributed by atoms with Crippen molar-refractivity contribution in [3.63, 3.8) is 0 Å². The third kappa shape index (κ3) is 3.99. The Kier molecular flexibility index (Phi) is 5.26. The van der Waals surface area contributed by atoms with Gasteiger partial charge in [-0.2, -0.15) is 0 Å². The molecular weight excluding hydrogens is 364 g/mol. The molecule has 1 N–H and O–H groups in total. The van der Waals surface area contributed by atoms with Crippen molar-refractivity contribution in [3.8, 4) is 5.75 Å². The molecule has 0 unspecified atom stereocenters. The van der Waals surface area contributed by atoms with Crippen LogP contribution < -0.4 is 14.4 Å². The highest BCUT2D eigenvalue weighted by Crippen LogP contribution is 2.26. The molecular formula is C20H24N2O4S. The number of methoxy groups -OCH3 is 1. The Balaban J connectivity index is 1.77. The van der Waals surface area contributed by atoms with Crippen molar-refractivity contribution < 1.29 is 17.9 Å². The molecule has 3 rings (SSSR count). The molecule has 144 valence electrons. The van der Waals surface area contributed by atoms with E-state index in [-0.39, 0.29) is 17.2 Å². The Hall–Kier alpha value is -2.38. The second-order valence-electron chi connectivity index (χ2n) is 6.93.